The molecule has 1 atom stereocenters. The Morgan fingerprint density at radius 3 is 2.86 bits per heavy atom. The largest absolute Gasteiger partial charge is 0.489 e. The van der Waals surface area contributed by atoms with Crippen molar-refractivity contribution >= 4 is 17.3 Å². The first-order chi connectivity index (χ1) is 6.63. The molecule has 0 bridgehead atoms. The zero-order chi connectivity index (χ0) is 10.6. The number of anilines is 1. The normalized spacial score (nSPS) is 12.5. The maximum atomic E-state index is 9.03. The molecule has 0 fully saturated rings. The van der Waals surface area contributed by atoms with Gasteiger partial charge in [0.25, 0.3) is 0 Å². The maximum Gasteiger partial charge on any atom is 0.143 e. The predicted molar refractivity (Wildman–Crippen MR) is 54.5 cm³/mol. The van der Waals surface area contributed by atoms with Crippen molar-refractivity contribution in [3.63, 3.8) is 0 Å². The molecule has 78 valence electrons. The van der Waals surface area contributed by atoms with Gasteiger partial charge in [-0.05, 0) is 12.1 Å². The van der Waals surface area contributed by atoms with E-state index in [1.54, 1.807) is 18.2 Å². The van der Waals surface area contributed by atoms with Gasteiger partial charge in [0.1, 0.15) is 18.5 Å². The lowest BCUT2D eigenvalue weighted by molar-refractivity contribution is 0.0538. The molecule has 4 nitrogen and oxygen atoms in total. The molecular weight excluding hydrogens is 206 g/mol. The van der Waals surface area contributed by atoms with Crippen molar-refractivity contribution in [3.05, 3.63) is 23.2 Å². The third kappa shape index (κ3) is 3.06. The molecule has 0 radical (unpaired) electrons. The summed E-state index contributed by atoms with van der Waals surface area (Å²) in [6.45, 7) is -0.360. The molecule has 0 spiro atoms. The summed E-state index contributed by atoms with van der Waals surface area (Å²) in [6, 6.07) is 4.82. The fourth-order valence-corrected chi connectivity index (χ4v) is 1.03. The van der Waals surface area contributed by atoms with Gasteiger partial charge in [-0.3, -0.25) is 0 Å². The molecular formula is C9H12ClNO3. The van der Waals surface area contributed by atoms with E-state index in [-0.39, 0.29) is 13.2 Å². The van der Waals surface area contributed by atoms with Crippen LogP contribution in [0.4, 0.5) is 5.69 Å². The predicted octanol–water partition coefficient (Wildman–Crippen LogP) is 0.654. The number of halogens is 1. The quantitative estimate of drug-likeness (QED) is 0.648. The Bertz CT molecular complexity index is 306. The second-order valence-electron chi connectivity index (χ2n) is 2.83. The van der Waals surface area contributed by atoms with E-state index in [0.717, 1.165) is 0 Å². The molecule has 0 aliphatic heterocycles. The molecule has 0 amide bonds. The smallest absolute Gasteiger partial charge is 0.143 e. The van der Waals surface area contributed by atoms with Crippen molar-refractivity contribution < 1.29 is 14.9 Å². The van der Waals surface area contributed by atoms with Crippen molar-refractivity contribution in [1.82, 2.24) is 0 Å². The van der Waals surface area contributed by atoms with Crippen LogP contribution in [0.2, 0.25) is 5.02 Å². The average molecular weight is 218 g/mol. The van der Waals surface area contributed by atoms with Gasteiger partial charge in [0.05, 0.1) is 12.3 Å². The van der Waals surface area contributed by atoms with Crippen molar-refractivity contribution in [1.29, 1.82) is 0 Å². The molecule has 0 saturated carbocycles. The zero-order valence-corrected chi connectivity index (χ0v) is 8.24. The highest BCUT2D eigenvalue weighted by atomic mass is 35.5. The average Bonchev–Trinajstić information content (AvgIpc) is 2.19. The summed E-state index contributed by atoms with van der Waals surface area (Å²) in [6.07, 6.45) is -0.909. The summed E-state index contributed by atoms with van der Waals surface area (Å²) in [5, 5.41) is 18.1. The second kappa shape index (κ2) is 5.05. The third-order valence-corrected chi connectivity index (χ3v) is 1.85. The molecule has 0 heterocycles. The minimum absolute atomic E-state index is 0.0129. The van der Waals surface area contributed by atoms with Crippen molar-refractivity contribution in [2.24, 2.45) is 0 Å². The number of hydrogen-bond donors (Lipinski definition) is 3. The van der Waals surface area contributed by atoms with Crippen molar-refractivity contribution in [2.45, 2.75) is 6.10 Å². The topological polar surface area (TPSA) is 75.7 Å². The molecule has 0 aliphatic carbocycles. The van der Waals surface area contributed by atoms with Crippen LogP contribution in [-0.4, -0.2) is 29.5 Å². The number of aliphatic hydroxyl groups excluding tert-OH is 2. The molecule has 1 aromatic rings. The number of benzene rings is 1. The highest BCUT2D eigenvalue weighted by Gasteiger charge is 2.05. The summed E-state index contributed by atoms with van der Waals surface area (Å²) >= 11 is 5.72. The van der Waals surface area contributed by atoms with Crippen LogP contribution in [0.25, 0.3) is 0 Å². The Hall–Kier alpha value is -0.970. The highest BCUT2D eigenvalue weighted by Crippen LogP contribution is 2.25. The first-order valence-electron chi connectivity index (χ1n) is 4.10. The number of rotatable bonds is 4. The van der Waals surface area contributed by atoms with Gasteiger partial charge in [-0.1, -0.05) is 11.6 Å². The van der Waals surface area contributed by atoms with Gasteiger partial charge >= 0.3 is 0 Å². The number of nitrogens with two attached hydrogens (primary N) is 1. The van der Waals surface area contributed by atoms with E-state index in [1.807, 2.05) is 0 Å². The van der Waals surface area contributed by atoms with Gasteiger partial charge in [-0.15, -0.1) is 0 Å². The number of aliphatic hydroxyl groups is 2. The minimum Gasteiger partial charge on any atom is -0.489 e. The second-order valence-corrected chi connectivity index (χ2v) is 3.27. The molecule has 0 saturated heterocycles. The monoisotopic (exact) mass is 217 g/mol. The van der Waals surface area contributed by atoms with E-state index < -0.39 is 6.10 Å². The van der Waals surface area contributed by atoms with E-state index in [2.05, 4.69) is 0 Å². The van der Waals surface area contributed by atoms with Crippen LogP contribution in [0.15, 0.2) is 18.2 Å². The lowest BCUT2D eigenvalue weighted by Crippen LogP contribution is -2.21. The van der Waals surface area contributed by atoms with E-state index in [4.69, 9.17) is 32.3 Å². The molecule has 14 heavy (non-hydrogen) atoms. The first kappa shape index (κ1) is 11.1. The number of ether oxygens (including phenoxy) is 1. The first-order valence-corrected chi connectivity index (χ1v) is 4.48. The van der Waals surface area contributed by atoms with E-state index in [9.17, 15) is 0 Å². The number of nitrogen functional groups attached to an aromatic ring is 1. The van der Waals surface area contributed by atoms with Crippen molar-refractivity contribution in [2.75, 3.05) is 18.9 Å². The summed E-state index contributed by atoms with van der Waals surface area (Å²) in [5.74, 6) is 0.407. The van der Waals surface area contributed by atoms with Crippen LogP contribution >= 0.6 is 11.6 Å². The summed E-state index contributed by atoms with van der Waals surface area (Å²) in [7, 11) is 0. The van der Waals surface area contributed by atoms with E-state index in [1.165, 1.54) is 0 Å². The SMILES string of the molecule is Nc1ccc(Cl)cc1OCC(O)CO. The lowest BCUT2D eigenvalue weighted by atomic mass is 10.3. The number of hydrogen-bond acceptors (Lipinski definition) is 4. The van der Waals surface area contributed by atoms with E-state index in [0.29, 0.717) is 16.5 Å². The van der Waals surface area contributed by atoms with Crippen LogP contribution in [0.1, 0.15) is 0 Å². The summed E-state index contributed by atoms with van der Waals surface area (Å²) in [5.41, 5.74) is 6.03. The van der Waals surface area contributed by atoms with Gasteiger partial charge in [0.2, 0.25) is 0 Å². The molecule has 0 aliphatic rings. The Balaban J connectivity index is 2.62. The van der Waals surface area contributed by atoms with Gasteiger partial charge in [0.15, 0.2) is 0 Å². The molecule has 5 heteroatoms. The van der Waals surface area contributed by atoms with Crippen LogP contribution in [0, 0.1) is 0 Å². The fourth-order valence-electron chi connectivity index (χ4n) is 0.872. The summed E-state index contributed by atoms with van der Waals surface area (Å²) in [4.78, 5) is 0. The molecule has 1 rings (SSSR count). The van der Waals surface area contributed by atoms with Gasteiger partial charge in [-0.2, -0.15) is 0 Å². The van der Waals surface area contributed by atoms with Crippen molar-refractivity contribution in [3.8, 4) is 5.75 Å². The van der Waals surface area contributed by atoms with Gasteiger partial charge < -0.3 is 20.7 Å². The Morgan fingerprint density at radius 2 is 2.21 bits per heavy atom. The van der Waals surface area contributed by atoms with Crippen LogP contribution < -0.4 is 10.5 Å². The summed E-state index contributed by atoms with van der Waals surface area (Å²) < 4.78 is 5.15. The molecule has 4 N–H and O–H groups in total. The molecule has 0 aromatic heterocycles. The fraction of sp³-hybridized carbons (Fsp3) is 0.333. The lowest BCUT2D eigenvalue weighted by Gasteiger charge is -2.11. The van der Waals surface area contributed by atoms with Crippen LogP contribution in [0.3, 0.4) is 0 Å². The standard InChI is InChI=1S/C9H12ClNO3/c10-6-1-2-8(11)9(3-6)14-5-7(13)4-12/h1-3,7,12-13H,4-5,11H2. The van der Waals surface area contributed by atoms with Gasteiger partial charge in [-0.25, -0.2) is 0 Å². The van der Waals surface area contributed by atoms with E-state index >= 15 is 0 Å². The zero-order valence-electron chi connectivity index (χ0n) is 7.48. The maximum absolute atomic E-state index is 9.03. The molecule has 1 unspecified atom stereocenters. The molecule has 1 aromatic carbocycles. The van der Waals surface area contributed by atoms with Crippen LogP contribution in [-0.2, 0) is 0 Å². The van der Waals surface area contributed by atoms with Crippen LogP contribution in [0.5, 0.6) is 5.75 Å². The minimum atomic E-state index is -0.909. The Morgan fingerprint density at radius 1 is 1.50 bits per heavy atom. The third-order valence-electron chi connectivity index (χ3n) is 1.62. The van der Waals surface area contributed by atoms with Gasteiger partial charge in [0, 0.05) is 11.1 Å². The Labute approximate surface area is 86.9 Å². The highest BCUT2D eigenvalue weighted by molar-refractivity contribution is 6.30. The Kier molecular flexibility index (Phi) is 4.00.